The van der Waals surface area contributed by atoms with Crippen LogP contribution >= 0.6 is 0 Å². The van der Waals surface area contributed by atoms with Crippen LogP contribution in [0, 0.1) is 17.8 Å². The van der Waals surface area contributed by atoms with Gasteiger partial charge in [-0.2, -0.15) is 0 Å². The van der Waals surface area contributed by atoms with Gasteiger partial charge in [-0.05, 0) is 55.9 Å². The maximum atomic E-state index is 11.8. The van der Waals surface area contributed by atoms with Crippen molar-refractivity contribution in [3.63, 3.8) is 0 Å². The van der Waals surface area contributed by atoms with E-state index in [-0.39, 0.29) is 19.1 Å². The van der Waals surface area contributed by atoms with Gasteiger partial charge in [0.1, 0.15) is 6.61 Å². The van der Waals surface area contributed by atoms with E-state index in [2.05, 4.69) is 19.2 Å². The Hall–Kier alpha value is -1.55. The molecule has 2 rings (SSSR count). The summed E-state index contributed by atoms with van der Waals surface area (Å²) in [6.07, 6.45) is 3.90. The van der Waals surface area contributed by atoms with Gasteiger partial charge in [0.2, 0.25) is 0 Å². The Morgan fingerprint density at radius 2 is 1.88 bits per heavy atom. The molecule has 0 heterocycles. The lowest BCUT2D eigenvalue weighted by molar-refractivity contribution is -0.0238. The molecule has 1 aliphatic rings. The Bertz CT molecular complexity index is 505. The number of benzene rings is 1. The molecular weight excluding hydrogens is 302 g/mol. The van der Waals surface area contributed by atoms with Crippen LogP contribution in [-0.4, -0.2) is 23.3 Å². The van der Waals surface area contributed by atoms with E-state index < -0.39 is 11.7 Å². The summed E-state index contributed by atoms with van der Waals surface area (Å²) in [5.74, 6) is 1.71. The Labute approximate surface area is 145 Å². The molecule has 1 aromatic carbocycles. The number of carbonyl (C=O) groups excluding carboxylic acids is 1. The number of alkyl carbamates (subject to hydrolysis) is 1. The van der Waals surface area contributed by atoms with E-state index in [0.717, 1.165) is 37.2 Å². The van der Waals surface area contributed by atoms with Gasteiger partial charge in [-0.25, -0.2) is 4.79 Å². The first-order chi connectivity index (χ1) is 11.4. The van der Waals surface area contributed by atoms with Crippen LogP contribution in [0.3, 0.4) is 0 Å². The molecule has 1 fully saturated rings. The molecule has 1 aromatic rings. The molecule has 24 heavy (non-hydrogen) atoms. The number of rotatable bonds is 6. The van der Waals surface area contributed by atoms with Crippen molar-refractivity contribution in [3.05, 3.63) is 35.9 Å². The van der Waals surface area contributed by atoms with Crippen molar-refractivity contribution in [2.75, 3.05) is 6.54 Å². The highest BCUT2D eigenvalue weighted by Crippen LogP contribution is 2.38. The minimum absolute atomic E-state index is 0.234. The lowest BCUT2D eigenvalue weighted by Crippen LogP contribution is -2.47. The second kappa shape index (κ2) is 8.52. The van der Waals surface area contributed by atoms with Crippen molar-refractivity contribution in [2.45, 2.75) is 58.7 Å². The second-order valence-corrected chi connectivity index (χ2v) is 7.63. The Morgan fingerprint density at radius 3 is 2.46 bits per heavy atom. The standard InChI is InChI=1S/C20H31NO3/c1-15(2)17-9-11-18(12-10-17)20(3,23)14-21-19(22)24-13-16-7-5-4-6-8-16/h4-8,15,17-18,23H,9-14H2,1-3H3,(H,21,22). The quantitative estimate of drug-likeness (QED) is 0.823. The van der Waals surface area contributed by atoms with Crippen LogP contribution in [0.1, 0.15) is 52.0 Å². The first kappa shape index (κ1) is 18.8. The normalized spacial score (nSPS) is 23.5. The monoisotopic (exact) mass is 333 g/mol. The Morgan fingerprint density at radius 1 is 1.25 bits per heavy atom. The number of nitrogens with one attached hydrogen (secondary N) is 1. The Balaban J connectivity index is 1.73. The van der Waals surface area contributed by atoms with Crippen LogP contribution in [0.4, 0.5) is 4.79 Å². The molecule has 0 bridgehead atoms. The van der Waals surface area contributed by atoms with Gasteiger partial charge in [0.05, 0.1) is 5.60 Å². The molecule has 1 atom stereocenters. The number of hydrogen-bond donors (Lipinski definition) is 2. The van der Waals surface area contributed by atoms with Gasteiger partial charge in [0, 0.05) is 6.54 Å². The van der Waals surface area contributed by atoms with Crippen molar-refractivity contribution in [1.29, 1.82) is 0 Å². The SMILES string of the molecule is CC(C)C1CCC(C(C)(O)CNC(=O)OCc2ccccc2)CC1. The molecule has 4 nitrogen and oxygen atoms in total. The number of aliphatic hydroxyl groups is 1. The maximum Gasteiger partial charge on any atom is 0.407 e. The molecule has 1 amide bonds. The fourth-order valence-electron chi connectivity index (χ4n) is 3.58. The van der Waals surface area contributed by atoms with E-state index in [9.17, 15) is 9.90 Å². The van der Waals surface area contributed by atoms with Gasteiger partial charge in [-0.15, -0.1) is 0 Å². The third-order valence-corrected chi connectivity index (χ3v) is 5.40. The smallest absolute Gasteiger partial charge is 0.407 e. The molecule has 1 aliphatic carbocycles. The minimum Gasteiger partial charge on any atom is -0.445 e. The van der Waals surface area contributed by atoms with Crippen molar-refractivity contribution in [1.82, 2.24) is 5.32 Å². The molecule has 2 N–H and O–H groups in total. The average molecular weight is 333 g/mol. The zero-order chi connectivity index (χ0) is 17.6. The summed E-state index contributed by atoms with van der Waals surface area (Å²) in [5, 5.41) is 13.4. The third-order valence-electron chi connectivity index (χ3n) is 5.40. The fourth-order valence-corrected chi connectivity index (χ4v) is 3.58. The van der Waals surface area contributed by atoms with Crippen molar-refractivity contribution in [3.8, 4) is 0 Å². The van der Waals surface area contributed by atoms with Crippen molar-refractivity contribution < 1.29 is 14.6 Å². The topological polar surface area (TPSA) is 58.6 Å². The summed E-state index contributed by atoms with van der Waals surface area (Å²) in [7, 11) is 0. The van der Waals surface area contributed by atoms with Crippen LogP contribution in [0.15, 0.2) is 30.3 Å². The van der Waals surface area contributed by atoms with E-state index in [0.29, 0.717) is 5.92 Å². The zero-order valence-corrected chi connectivity index (χ0v) is 15.1. The van der Waals surface area contributed by atoms with E-state index in [1.54, 1.807) is 0 Å². The summed E-state index contributed by atoms with van der Waals surface area (Å²) in [6.45, 7) is 6.84. The zero-order valence-electron chi connectivity index (χ0n) is 15.1. The van der Waals surface area contributed by atoms with E-state index in [4.69, 9.17) is 4.74 Å². The Kier molecular flexibility index (Phi) is 6.67. The molecule has 0 saturated heterocycles. The summed E-state index contributed by atoms with van der Waals surface area (Å²) in [4.78, 5) is 11.8. The fraction of sp³-hybridized carbons (Fsp3) is 0.650. The lowest BCUT2D eigenvalue weighted by atomic mass is 9.71. The van der Waals surface area contributed by atoms with Crippen LogP contribution in [-0.2, 0) is 11.3 Å². The highest BCUT2D eigenvalue weighted by molar-refractivity contribution is 5.67. The second-order valence-electron chi connectivity index (χ2n) is 7.63. The summed E-state index contributed by atoms with van der Waals surface area (Å²) in [5.41, 5.74) is 0.0692. The van der Waals surface area contributed by atoms with Gasteiger partial charge >= 0.3 is 6.09 Å². The van der Waals surface area contributed by atoms with Gasteiger partial charge in [-0.3, -0.25) is 0 Å². The number of carbonyl (C=O) groups is 1. The summed E-state index contributed by atoms with van der Waals surface area (Å²) >= 11 is 0. The first-order valence-corrected chi connectivity index (χ1v) is 9.05. The molecule has 0 radical (unpaired) electrons. The minimum atomic E-state index is -0.881. The first-order valence-electron chi connectivity index (χ1n) is 9.05. The summed E-state index contributed by atoms with van der Waals surface area (Å²) < 4.78 is 5.20. The molecule has 1 saturated carbocycles. The van der Waals surface area contributed by atoms with Crippen molar-refractivity contribution >= 4 is 6.09 Å². The molecule has 0 spiro atoms. The van der Waals surface area contributed by atoms with Crippen LogP contribution in [0.5, 0.6) is 0 Å². The average Bonchev–Trinajstić information content (AvgIpc) is 2.59. The molecule has 0 aromatic heterocycles. The third kappa shape index (κ3) is 5.52. The molecular formula is C20H31NO3. The van der Waals surface area contributed by atoms with Gasteiger partial charge in [0.15, 0.2) is 0 Å². The van der Waals surface area contributed by atoms with Gasteiger partial charge < -0.3 is 15.2 Å². The number of ether oxygens (including phenoxy) is 1. The van der Waals surface area contributed by atoms with Gasteiger partial charge in [0.25, 0.3) is 0 Å². The van der Waals surface area contributed by atoms with Crippen LogP contribution in [0.25, 0.3) is 0 Å². The molecule has 1 unspecified atom stereocenters. The largest absolute Gasteiger partial charge is 0.445 e. The molecule has 4 heteroatoms. The molecule has 0 aliphatic heterocycles. The van der Waals surface area contributed by atoms with Gasteiger partial charge in [-0.1, -0.05) is 44.2 Å². The predicted octanol–water partition coefficient (Wildman–Crippen LogP) is 4.13. The molecule has 134 valence electrons. The van der Waals surface area contributed by atoms with E-state index in [1.807, 2.05) is 37.3 Å². The van der Waals surface area contributed by atoms with E-state index >= 15 is 0 Å². The lowest BCUT2D eigenvalue weighted by Gasteiger charge is -2.39. The number of amides is 1. The summed E-state index contributed by atoms with van der Waals surface area (Å²) in [6, 6.07) is 9.58. The number of hydrogen-bond acceptors (Lipinski definition) is 3. The maximum absolute atomic E-state index is 11.8. The van der Waals surface area contributed by atoms with Crippen molar-refractivity contribution in [2.24, 2.45) is 17.8 Å². The predicted molar refractivity (Wildman–Crippen MR) is 95.5 cm³/mol. The highest BCUT2D eigenvalue weighted by atomic mass is 16.5. The highest BCUT2D eigenvalue weighted by Gasteiger charge is 2.35. The van der Waals surface area contributed by atoms with Crippen LogP contribution in [0.2, 0.25) is 0 Å². The van der Waals surface area contributed by atoms with E-state index in [1.165, 1.54) is 0 Å². The van der Waals surface area contributed by atoms with Crippen LogP contribution < -0.4 is 5.32 Å².